The molecule has 0 atom stereocenters. The predicted molar refractivity (Wildman–Crippen MR) is 102 cm³/mol. The zero-order valence-electron chi connectivity index (χ0n) is 15.0. The van der Waals surface area contributed by atoms with Crippen molar-refractivity contribution in [2.75, 3.05) is 31.6 Å². The van der Waals surface area contributed by atoms with E-state index >= 15 is 0 Å². The Morgan fingerprint density at radius 3 is 2.31 bits per heavy atom. The second-order valence-electron chi connectivity index (χ2n) is 5.79. The molecule has 140 valence electrons. The van der Waals surface area contributed by atoms with Crippen molar-refractivity contribution in [3.63, 3.8) is 0 Å². The molecule has 0 saturated heterocycles. The molecule has 2 rings (SSSR count). The van der Waals surface area contributed by atoms with E-state index in [0.717, 1.165) is 12.8 Å². The maximum atomic E-state index is 12.7. The molecule has 0 fully saturated rings. The molecule has 7 heteroatoms. The molecule has 1 N–H and O–H groups in total. The van der Waals surface area contributed by atoms with Crippen LogP contribution in [0.1, 0.15) is 23.2 Å². The second-order valence-corrected chi connectivity index (χ2v) is 7.76. The van der Waals surface area contributed by atoms with Crippen LogP contribution in [-0.4, -0.2) is 41.6 Å². The molecule has 0 aromatic heterocycles. The number of amides is 1. The number of methoxy groups -OCH3 is 1. The summed E-state index contributed by atoms with van der Waals surface area (Å²) in [6.07, 6.45) is 1.70. The van der Waals surface area contributed by atoms with Gasteiger partial charge in [-0.3, -0.25) is 9.10 Å². The standard InChI is InChI=1S/C19H24N2O4S/c1-21(17-8-4-3-5-9-17)26(23,24)18-12-10-16(11-13-18)19(22)20-14-6-7-15-25-2/h3-5,8-13H,6-7,14-15H2,1-2H3,(H,20,22). The van der Waals surface area contributed by atoms with Gasteiger partial charge in [0.05, 0.1) is 10.6 Å². The lowest BCUT2D eigenvalue weighted by molar-refractivity contribution is 0.0951. The van der Waals surface area contributed by atoms with Gasteiger partial charge in [-0.25, -0.2) is 8.42 Å². The average molecular weight is 376 g/mol. The fourth-order valence-electron chi connectivity index (χ4n) is 2.39. The number of carbonyl (C=O) groups excluding carboxylic acids is 1. The number of nitrogens with zero attached hydrogens (tertiary/aromatic N) is 1. The van der Waals surface area contributed by atoms with Crippen LogP contribution in [-0.2, 0) is 14.8 Å². The van der Waals surface area contributed by atoms with E-state index in [9.17, 15) is 13.2 Å². The lowest BCUT2D eigenvalue weighted by Crippen LogP contribution is -2.27. The van der Waals surface area contributed by atoms with E-state index in [1.165, 1.54) is 35.6 Å². The Hall–Kier alpha value is -2.38. The van der Waals surface area contributed by atoms with Crippen molar-refractivity contribution in [3.8, 4) is 0 Å². The van der Waals surface area contributed by atoms with Gasteiger partial charge in [-0.15, -0.1) is 0 Å². The molecule has 0 saturated carbocycles. The molecule has 1 amide bonds. The summed E-state index contributed by atoms with van der Waals surface area (Å²) in [5, 5.41) is 2.81. The predicted octanol–water partition coefficient (Wildman–Crippen LogP) is 2.67. The van der Waals surface area contributed by atoms with Crippen molar-refractivity contribution < 1.29 is 17.9 Å². The molecule has 0 bridgehead atoms. The number of hydrogen-bond acceptors (Lipinski definition) is 4. The molecule has 0 aliphatic rings. The van der Waals surface area contributed by atoms with E-state index < -0.39 is 10.0 Å². The topological polar surface area (TPSA) is 75.7 Å². The monoisotopic (exact) mass is 376 g/mol. The summed E-state index contributed by atoms with van der Waals surface area (Å²) in [6.45, 7) is 1.22. The molecule has 0 spiro atoms. The fraction of sp³-hybridized carbons (Fsp3) is 0.316. The quantitative estimate of drug-likeness (QED) is 0.683. The minimum atomic E-state index is -3.67. The van der Waals surface area contributed by atoms with Gasteiger partial charge in [0.25, 0.3) is 15.9 Å². The Labute approximate surface area is 154 Å². The van der Waals surface area contributed by atoms with Gasteiger partial charge in [-0.05, 0) is 49.2 Å². The first-order valence-corrected chi connectivity index (χ1v) is 9.82. The van der Waals surface area contributed by atoms with E-state index in [0.29, 0.717) is 24.4 Å². The summed E-state index contributed by atoms with van der Waals surface area (Å²) < 4.78 is 31.6. The third-order valence-electron chi connectivity index (χ3n) is 3.96. The molecule has 0 aliphatic carbocycles. The molecule has 6 nitrogen and oxygen atoms in total. The van der Waals surface area contributed by atoms with Crippen molar-refractivity contribution in [3.05, 3.63) is 60.2 Å². The molecule has 2 aromatic rings. The molecular formula is C19H24N2O4S. The summed E-state index contributed by atoms with van der Waals surface area (Å²) in [6, 6.07) is 14.8. The van der Waals surface area contributed by atoms with Crippen LogP contribution in [0.15, 0.2) is 59.5 Å². The van der Waals surface area contributed by atoms with Crippen LogP contribution >= 0.6 is 0 Å². The molecule has 26 heavy (non-hydrogen) atoms. The molecule has 0 aliphatic heterocycles. The summed E-state index contributed by atoms with van der Waals surface area (Å²) >= 11 is 0. The number of benzene rings is 2. The van der Waals surface area contributed by atoms with E-state index in [2.05, 4.69) is 5.32 Å². The highest BCUT2D eigenvalue weighted by molar-refractivity contribution is 7.92. The number of anilines is 1. The van der Waals surface area contributed by atoms with Gasteiger partial charge in [0, 0.05) is 32.9 Å². The summed E-state index contributed by atoms with van der Waals surface area (Å²) in [5.41, 5.74) is 1.00. The summed E-state index contributed by atoms with van der Waals surface area (Å²) in [5.74, 6) is -0.220. The summed E-state index contributed by atoms with van der Waals surface area (Å²) in [7, 11) is -0.526. The van der Waals surface area contributed by atoms with Crippen LogP contribution in [0, 0.1) is 0 Å². The van der Waals surface area contributed by atoms with Crippen LogP contribution in [0.2, 0.25) is 0 Å². The molecular weight excluding hydrogens is 352 g/mol. The van der Waals surface area contributed by atoms with Gasteiger partial charge < -0.3 is 10.1 Å². The normalized spacial score (nSPS) is 11.2. The maximum absolute atomic E-state index is 12.7. The van der Waals surface area contributed by atoms with Crippen LogP contribution in [0.5, 0.6) is 0 Å². The zero-order valence-corrected chi connectivity index (χ0v) is 15.8. The third-order valence-corrected chi connectivity index (χ3v) is 5.76. The van der Waals surface area contributed by atoms with Gasteiger partial charge in [0.2, 0.25) is 0 Å². The van der Waals surface area contributed by atoms with E-state index in [-0.39, 0.29) is 10.8 Å². The second kappa shape index (κ2) is 9.35. The van der Waals surface area contributed by atoms with Crippen LogP contribution in [0.3, 0.4) is 0 Å². The van der Waals surface area contributed by atoms with E-state index in [1.54, 1.807) is 31.4 Å². The highest BCUT2D eigenvalue weighted by Crippen LogP contribution is 2.21. The van der Waals surface area contributed by atoms with Gasteiger partial charge >= 0.3 is 0 Å². The Morgan fingerprint density at radius 1 is 1.04 bits per heavy atom. The number of ether oxygens (including phenoxy) is 1. The molecule has 0 heterocycles. The van der Waals surface area contributed by atoms with Crippen LogP contribution < -0.4 is 9.62 Å². The Morgan fingerprint density at radius 2 is 1.69 bits per heavy atom. The lowest BCUT2D eigenvalue weighted by Gasteiger charge is -2.19. The Balaban J connectivity index is 2.03. The van der Waals surface area contributed by atoms with Crippen molar-refractivity contribution in [1.82, 2.24) is 5.32 Å². The maximum Gasteiger partial charge on any atom is 0.264 e. The highest BCUT2D eigenvalue weighted by atomic mass is 32.2. The number of rotatable bonds is 9. The third kappa shape index (κ3) is 5.06. The summed E-state index contributed by atoms with van der Waals surface area (Å²) in [4.78, 5) is 12.2. The van der Waals surface area contributed by atoms with E-state index in [1.807, 2.05) is 6.07 Å². The minimum Gasteiger partial charge on any atom is -0.385 e. The van der Waals surface area contributed by atoms with E-state index in [4.69, 9.17) is 4.74 Å². The number of para-hydroxylation sites is 1. The molecule has 0 unspecified atom stereocenters. The van der Waals surface area contributed by atoms with Gasteiger partial charge in [-0.2, -0.15) is 0 Å². The van der Waals surface area contributed by atoms with Gasteiger partial charge in [0.15, 0.2) is 0 Å². The SMILES string of the molecule is COCCCCNC(=O)c1ccc(S(=O)(=O)N(C)c2ccccc2)cc1. The molecule has 0 radical (unpaired) electrons. The molecule has 2 aromatic carbocycles. The number of unbranched alkanes of at least 4 members (excludes halogenated alkanes) is 1. The smallest absolute Gasteiger partial charge is 0.264 e. The fourth-order valence-corrected chi connectivity index (χ4v) is 3.58. The largest absolute Gasteiger partial charge is 0.385 e. The Kier molecular flexibility index (Phi) is 7.17. The van der Waals surface area contributed by atoms with Crippen molar-refractivity contribution in [2.45, 2.75) is 17.7 Å². The Bertz CT molecular complexity index is 805. The highest BCUT2D eigenvalue weighted by Gasteiger charge is 2.21. The number of sulfonamides is 1. The zero-order chi connectivity index (χ0) is 19.0. The van der Waals surface area contributed by atoms with Crippen molar-refractivity contribution in [2.24, 2.45) is 0 Å². The lowest BCUT2D eigenvalue weighted by atomic mass is 10.2. The number of hydrogen-bond donors (Lipinski definition) is 1. The van der Waals surface area contributed by atoms with Gasteiger partial charge in [0.1, 0.15) is 0 Å². The first kappa shape index (κ1) is 19.9. The van der Waals surface area contributed by atoms with Crippen LogP contribution in [0.25, 0.3) is 0 Å². The minimum absolute atomic E-state index is 0.139. The average Bonchev–Trinajstić information content (AvgIpc) is 2.67. The van der Waals surface area contributed by atoms with Crippen LogP contribution in [0.4, 0.5) is 5.69 Å². The number of carbonyl (C=O) groups is 1. The van der Waals surface area contributed by atoms with Crippen molar-refractivity contribution in [1.29, 1.82) is 0 Å². The number of nitrogens with one attached hydrogen (secondary N) is 1. The van der Waals surface area contributed by atoms with Gasteiger partial charge in [-0.1, -0.05) is 18.2 Å². The first-order chi connectivity index (χ1) is 12.5. The first-order valence-electron chi connectivity index (χ1n) is 8.38. The van der Waals surface area contributed by atoms with Crippen molar-refractivity contribution >= 4 is 21.6 Å².